The first kappa shape index (κ1) is 28.2. The van der Waals surface area contributed by atoms with Crippen LogP contribution in [0, 0.1) is 18.8 Å². The SMILES string of the molecule is Cc1ccc(S(=O)(=O)N[C@H](C(=O)N2CCC(C(=O)N[C@@H](CCC(N)=O)C(=O)O)CC2)C(C)C)cc1. The van der Waals surface area contributed by atoms with E-state index in [-0.39, 0.29) is 42.7 Å². The van der Waals surface area contributed by atoms with Crippen molar-refractivity contribution in [1.29, 1.82) is 0 Å². The van der Waals surface area contributed by atoms with Crippen LogP contribution in [0.1, 0.15) is 45.1 Å². The monoisotopic (exact) mass is 510 g/mol. The van der Waals surface area contributed by atoms with E-state index in [0.717, 1.165) is 5.56 Å². The Labute approximate surface area is 205 Å². The number of nitrogens with two attached hydrogens (primary N) is 1. The zero-order chi connectivity index (χ0) is 26.3. The highest BCUT2D eigenvalue weighted by atomic mass is 32.2. The van der Waals surface area contributed by atoms with Crippen molar-refractivity contribution in [3.05, 3.63) is 29.8 Å². The second-order valence-corrected chi connectivity index (χ2v) is 10.9. The summed E-state index contributed by atoms with van der Waals surface area (Å²) in [5.41, 5.74) is 5.97. The summed E-state index contributed by atoms with van der Waals surface area (Å²) >= 11 is 0. The first-order valence-electron chi connectivity index (χ1n) is 11.5. The molecule has 1 fully saturated rings. The average Bonchev–Trinajstić information content (AvgIpc) is 2.79. The Kier molecular flexibility index (Phi) is 9.78. The number of likely N-dealkylation sites (tertiary alicyclic amines) is 1. The number of carboxylic acid groups (broad SMARTS) is 1. The van der Waals surface area contributed by atoms with Gasteiger partial charge in [0, 0.05) is 25.4 Å². The van der Waals surface area contributed by atoms with Gasteiger partial charge in [0.25, 0.3) is 0 Å². The third-order valence-electron chi connectivity index (χ3n) is 6.02. The molecule has 0 unspecified atom stereocenters. The summed E-state index contributed by atoms with van der Waals surface area (Å²) in [5.74, 6) is -3.57. The number of hydrogen-bond acceptors (Lipinski definition) is 6. The predicted octanol–water partition coefficient (Wildman–Crippen LogP) is 0.371. The van der Waals surface area contributed by atoms with E-state index in [4.69, 9.17) is 5.73 Å². The number of aryl methyl sites for hydroxylation is 1. The molecule has 1 aromatic rings. The molecule has 5 N–H and O–H groups in total. The van der Waals surface area contributed by atoms with Crippen molar-refractivity contribution in [2.75, 3.05) is 13.1 Å². The molecule has 35 heavy (non-hydrogen) atoms. The standard InChI is InChI=1S/C23H34N4O7S/c1-14(2)20(26-35(33,34)17-6-4-15(3)5-7-17)22(30)27-12-10-16(11-13-27)21(29)25-18(23(31)32)8-9-19(24)28/h4-7,14,16,18,20,26H,8-13H2,1-3H3,(H2,24,28)(H,25,29)(H,31,32)/t18-,20-/m0/s1. The van der Waals surface area contributed by atoms with Crippen LogP contribution in [0.25, 0.3) is 0 Å². The van der Waals surface area contributed by atoms with Crippen molar-refractivity contribution >= 4 is 33.7 Å². The third kappa shape index (κ3) is 8.03. The minimum Gasteiger partial charge on any atom is -0.480 e. The van der Waals surface area contributed by atoms with E-state index < -0.39 is 45.8 Å². The van der Waals surface area contributed by atoms with Crippen LogP contribution in [-0.2, 0) is 29.2 Å². The first-order chi connectivity index (χ1) is 16.3. The number of primary amides is 1. The molecular formula is C23H34N4O7S. The number of carboxylic acids is 1. The second kappa shape index (κ2) is 12.1. The maximum Gasteiger partial charge on any atom is 0.326 e. The molecule has 2 rings (SSSR count). The molecule has 2 atom stereocenters. The van der Waals surface area contributed by atoms with E-state index in [1.165, 1.54) is 17.0 Å². The Morgan fingerprint density at radius 2 is 1.69 bits per heavy atom. The molecule has 0 bridgehead atoms. The fourth-order valence-electron chi connectivity index (χ4n) is 3.82. The Bertz CT molecular complexity index is 1030. The van der Waals surface area contributed by atoms with E-state index in [2.05, 4.69) is 10.0 Å². The molecule has 0 radical (unpaired) electrons. The summed E-state index contributed by atoms with van der Waals surface area (Å²) < 4.78 is 28.2. The topological polar surface area (TPSA) is 176 Å². The lowest BCUT2D eigenvalue weighted by Crippen LogP contribution is -2.54. The van der Waals surface area contributed by atoms with Crippen LogP contribution in [0.4, 0.5) is 0 Å². The summed E-state index contributed by atoms with van der Waals surface area (Å²) in [6.45, 7) is 5.80. The Balaban J connectivity index is 1.99. The fraction of sp³-hybridized carbons (Fsp3) is 0.565. The molecule has 0 aliphatic carbocycles. The molecule has 194 valence electrons. The molecule has 3 amide bonds. The van der Waals surface area contributed by atoms with Crippen LogP contribution in [-0.4, -0.2) is 67.3 Å². The molecule has 12 heteroatoms. The minimum atomic E-state index is -3.91. The molecule has 11 nitrogen and oxygen atoms in total. The number of sulfonamides is 1. The van der Waals surface area contributed by atoms with Gasteiger partial charge in [-0.3, -0.25) is 14.4 Å². The normalized spacial score (nSPS) is 16.5. The molecule has 1 saturated heterocycles. The number of aliphatic carboxylic acids is 1. The van der Waals surface area contributed by atoms with Crippen molar-refractivity contribution < 1.29 is 32.7 Å². The molecule has 1 heterocycles. The maximum absolute atomic E-state index is 13.2. The fourth-order valence-corrected chi connectivity index (χ4v) is 5.15. The van der Waals surface area contributed by atoms with Crippen molar-refractivity contribution in [3.63, 3.8) is 0 Å². The maximum atomic E-state index is 13.2. The van der Waals surface area contributed by atoms with Crippen molar-refractivity contribution in [2.45, 2.75) is 63.4 Å². The Morgan fingerprint density at radius 3 is 2.17 bits per heavy atom. The van der Waals surface area contributed by atoms with Gasteiger partial charge in [-0.15, -0.1) is 0 Å². The van der Waals surface area contributed by atoms with Gasteiger partial charge in [-0.2, -0.15) is 4.72 Å². The molecule has 0 saturated carbocycles. The van der Waals surface area contributed by atoms with Crippen molar-refractivity contribution in [1.82, 2.24) is 14.9 Å². The van der Waals surface area contributed by atoms with E-state index in [9.17, 15) is 32.7 Å². The predicted molar refractivity (Wildman–Crippen MR) is 127 cm³/mol. The number of hydrogen-bond donors (Lipinski definition) is 4. The molecule has 0 aromatic heterocycles. The zero-order valence-corrected chi connectivity index (χ0v) is 21.0. The lowest BCUT2D eigenvalue weighted by molar-refractivity contribution is -0.143. The van der Waals surface area contributed by atoms with Gasteiger partial charge in [0.2, 0.25) is 27.7 Å². The van der Waals surface area contributed by atoms with E-state index in [0.29, 0.717) is 12.8 Å². The van der Waals surface area contributed by atoms with Gasteiger partial charge >= 0.3 is 5.97 Å². The largest absolute Gasteiger partial charge is 0.480 e. The highest BCUT2D eigenvalue weighted by molar-refractivity contribution is 7.89. The van der Waals surface area contributed by atoms with Gasteiger partial charge in [-0.25, -0.2) is 13.2 Å². The number of benzene rings is 1. The van der Waals surface area contributed by atoms with Crippen molar-refractivity contribution in [2.24, 2.45) is 17.6 Å². The summed E-state index contributed by atoms with van der Waals surface area (Å²) in [6, 6.07) is 4.13. The molecule has 1 aliphatic heterocycles. The molecular weight excluding hydrogens is 476 g/mol. The first-order valence-corrected chi connectivity index (χ1v) is 13.0. The number of rotatable bonds is 11. The molecule has 1 aromatic carbocycles. The second-order valence-electron chi connectivity index (χ2n) is 9.16. The summed E-state index contributed by atoms with van der Waals surface area (Å²) in [6.07, 6.45) is 0.328. The van der Waals surface area contributed by atoms with Crippen LogP contribution >= 0.6 is 0 Å². The molecule has 1 aliphatic rings. The lowest BCUT2D eigenvalue weighted by Gasteiger charge is -2.35. The van der Waals surface area contributed by atoms with Crippen LogP contribution in [0.2, 0.25) is 0 Å². The van der Waals surface area contributed by atoms with E-state index >= 15 is 0 Å². The number of piperidine rings is 1. The van der Waals surface area contributed by atoms with Crippen LogP contribution in [0.3, 0.4) is 0 Å². The number of carbonyl (C=O) groups excluding carboxylic acids is 3. The zero-order valence-electron chi connectivity index (χ0n) is 20.2. The quantitative estimate of drug-likeness (QED) is 0.332. The van der Waals surface area contributed by atoms with Crippen LogP contribution in [0.5, 0.6) is 0 Å². The summed E-state index contributed by atoms with van der Waals surface area (Å²) in [4.78, 5) is 49.6. The summed E-state index contributed by atoms with van der Waals surface area (Å²) in [5, 5.41) is 11.7. The number of amides is 3. The number of nitrogens with one attached hydrogen (secondary N) is 2. The van der Waals surface area contributed by atoms with E-state index in [1.54, 1.807) is 26.0 Å². The van der Waals surface area contributed by atoms with Gasteiger partial charge in [0.1, 0.15) is 12.1 Å². The molecule has 0 spiro atoms. The summed E-state index contributed by atoms with van der Waals surface area (Å²) in [7, 11) is -3.91. The number of nitrogens with zero attached hydrogens (tertiary/aromatic N) is 1. The number of carbonyl (C=O) groups is 4. The average molecular weight is 511 g/mol. The van der Waals surface area contributed by atoms with Gasteiger partial charge in [-0.05, 0) is 44.2 Å². The minimum absolute atomic E-state index is 0.0706. The van der Waals surface area contributed by atoms with Crippen LogP contribution in [0.15, 0.2) is 29.2 Å². The third-order valence-corrected chi connectivity index (χ3v) is 7.47. The van der Waals surface area contributed by atoms with Gasteiger partial charge in [-0.1, -0.05) is 31.5 Å². The van der Waals surface area contributed by atoms with E-state index in [1.807, 2.05) is 6.92 Å². The van der Waals surface area contributed by atoms with Crippen molar-refractivity contribution in [3.8, 4) is 0 Å². The van der Waals surface area contributed by atoms with Crippen LogP contribution < -0.4 is 15.8 Å². The van der Waals surface area contributed by atoms with Gasteiger partial charge < -0.3 is 21.1 Å². The van der Waals surface area contributed by atoms with Gasteiger partial charge in [0.15, 0.2) is 0 Å². The Hall–Kier alpha value is -2.99. The Morgan fingerprint density at radius 1 is 1.11 bits per heavy atom. The van der Waals surface area contributed by atoms with Gasteiger partial charge in [0.05, 0.1) is 4.90 Å². The highest BCUT2D eigenvalue weighted by Crippen LogP contribution is 2.21. The lowest BCUT2D eigenvalue weighted by atomic mass is 9.94. The highest BCUT2D eigenvalue weighted by Gasteiger charge is 2.35. The smallest absolute Gasteiger partial charge is 0.326 e.